The van der Waals surface area contributed by atoms with Crippen molar-refractivity contribution in [2.75, 3.05) is 37.7 Å². The SMILES string of the molecule is NCCCc1ccc(N2CCOCC2)c(Cl)c1. The molecule has 17 heavy (non-hydrogen) atoms. The van der Waals surface area contributed by atoms with Crippen molar-refractivity contribution in [1.29, 1.82) is 0 Å². The Balaban J connectivity index is 2.07. The van der Waals surface area contributed by atoms with Crippen LogP contribution in [-0.4, -0.2) is 32.8 Å². The Morgan fingerprint density at radius 1 is 1.29 bits per heavy atom. The van der Waals surface area contributed by atoms with Crippen LogP contribution in [0.3, 0.4) is 0 Å². The summed E-state index contributed by atoms with van der Waals surface area (Å²) in [4.78, 5) is 2.28. The van der Waals surface area contributed by atoms with Crippen LogP contribution in [0.1, 0.15) is 12.0 Å². The van der Waals surface area contributed by atoms with E-state index in [4.69, 9.17) is 22.1 Å². The van der Waals surface area contributed by atoms with Gasteiger partial charge < -0.3 is 15.4 Å². The predicted octanol–water partition coefficient (Wildman–Crippen LogP) is 2.07. The second-order valence-electron chi connectivity index (χ2n) is 4.28. The Bertz CT molecular complexity index is 364. The number of nitrogens with zero attached hydrogens (tertiary/aromatic N) is 1. The smallest absolute Gasteiger partial charge is 0.0642 e. The van der Waals surface area contributed by atoms with Crippen molar-refractivity contribution < 1.29 is 4.74 Å². The fourth-order valence-electron chi connectivity index (χ4n) is 2.07. The number of anilines is 1. The van der Waals surface area contributed by atoms with Crippen LogP contribution >= 0.6 is 11.6 Å². The standard InChI is InChI=1S/C13H19ClN2O/c14-12-10-11(2-1-5-15)3-4-13(12)16-6-8-17-9-7-16/h3-4,10H,1-2,5-9,15H2. The first-order chi connectivity index (χ1) is 8.31. The third-order valence-electron chi connectivity index (χ3n) is 3.03. The average Bonchev–Trinajstić information content (AvgIpc) is 2.37. The molecule has 0 aliphatic carbocycles. The van der Waals surface area contributed by atoms with Crippen molar-refractivity contribution in [2.45, 2.75) is 12.8 Å². The maximum atomic E-state index is 6.33. The van der Waals surface area contributed by atoms with Gasteiger partial charge in [0.2, 0.25) is 0 Å². The minimum atomic E-state index is 0.725. The summed E-state index contributed by atoms with van der Waals surface area (Å²) < 4.78 is 5.34. The Hall–Kier alpha value is -0.770. The fraction of sp³-hybridized carbons (Fsp3) is 0.538. The maximum absolute atomic E-state index is 6.33. The normalized spacial score (nSPS) is 16.2. The zero-order chi connectivity index (χ0) is 12.1. The number of hydrogen-bond donors (Lipinski definition) is 1. The summed E-state index contributed by atoms with van der Waals surface area (Å²) in [6.07, 6.45) is 2.01. The van der Waals surface area contributed by atoms with Gasteiger partial charge in [-0.2, -0.15) is 0 Å². The molecule has 3 nitrogen and oxygen atoms in total. The highest BCUT2D eigenvalue weighted by Gasteiger charge is 2.14. The molecule has 0 saturated carbocycles. The van der Waals surface area contributed by atoms with Crippen molar-refractivity contribution >= 4 is 17.3 Å². The highest BCUT2D eigenvalue weighted by atomic mass is 35.5. The minimum absolute atomic E-state index is 0.725. The summed E-state index contributed by atoms with van der Waals surface area (Å²) in [5.74, 6) is 0. The van der Waals surface area contributed by atoms with Crippen LogP contribution in [0, 0.1) is 0 Å². The zero-order valence-corrected chi connectivity index (χ0v) is 10.7. The Kier molecular flexibility index (Phi) is 4.66. The van der Waals surface area contributed by atoms with E-state index in [0.29, 0.717) is 0 Å². The highest BCUT2D eigenvalue weighted by Crippen LogP contribution is 2.27. The summed E-state index contributed by atoms with van der Waals surface area (Å²) in [5.41, 5.74) is 7.88. The van der Waals surface area contributed by atoms with E-state index in [9.17, 15) is 0 Å². The van der Waals surface area contributed by atoms with Gasteiger partial charge in [0.05, 0.1) is 23.9 Å². The van der Waals surface area contributed by atoms with Gasteiger partial charge in [-0.3, -0.25) is 0 Å². The molecule has 94 valence electrons. The number of halogens is 1. The van der Waals surface area contributed by atoms with Gasteiger partial charge in [0.15, 0.2) is 0 Å². The first-order valence-electron chi connectivity index (χ1n) is 6.12. The van der Waals surface area contributed by atoms with Gasteiger partial charge in [-0.15, -0.1) is 0 Å². The number of benzene rings is 1. The van der Waals surface area contributed by atoms with Gasteiger partial charge >= 0.3 is 0 Å². The molecule has 1 fully saturated rings. The molecular formula is C13H19ClN2O. The molecule has 0 spiro atoms. The van der Waals surface area contributed by atoms with E-state index in [1.165, 1.54) is 5.56 Å². The zero-order valence-electron chi connectivity index (χ0n) is 9.99. The van der Waals surface area contributed by atoms with Gasteiger partial charge in [-0.25, -0.2) is 0 Å². The summed E-state index contributed by atoms with van der Waals surface area (Å²) >= 11 is 6.33. The Morgan fingerprint density at radius 3 is 2.71 bits per heavy atom. The summed E-state index contributed by atoms with van der Waals surface area (Å²) in [6, 6.07) is 6.31. The molecule has 4 heteroatoms. The third kappa shape index (κ3) is 3.35. The van der Waals surface area contributed by atoms with E-state index < -0.39 is 0 Å². The van der Waals surface area contributed by atoms with Crippen molar-refractivity contribution in [2.24, 2.45) is 5.73 Å². The molecule has 0 atom stereocenters. The average molecular weight is 255 g/mol. The van der Waals surface area contributed by atoms with Gasteiger partial charge in [-0.05, 0) is 37.1 Å². The molecule has 2 rings (SSSR count). The van der Waals surface area contributed by atoms with E-state index >= 15 is 0 Å². The van der Waals surface area contributed by atoms with E-state index in [1.807, 2.05) is 0 Å². The largest absolute Gasteiger partial charge is 0.378 e. The molecule has 1 aromatic rings. The van der Waals surface area contributed by atoms with E-state index in [0.717, 1.165) is 56.4 Å². The van der Waals surface area contributed by atoms with E-state index in [1.54, 1.807) is 0 Å². The van der Waals surface area contributed by atoms with Crippen LogP contribution in [-0.2, 0) is 11.2 Å². The third-order valence-corrected chi connectivity index (χ3v) is 3.34. The summed E-state index contributed by atoms with van der Waals surface area (Å²) in [7, 11) is 0. The molecular weight excluding hydrogens is 236 g/mol. The number of nitrogens with two attached hydrogens (primary N) is 1. The molecule has 2 N–H and O–H groups in total. The predicted molar refractivity (Wildman–Crippen MR) is 71.9 cm³/mol. The molecule has 0 amide bonds. The summed E-state index contributed by atoms with van der Waals surface area (Å²) in [6.45, 7) is 4.13. The highest BCUT2D eigenvalue weighted by molar-refractivity contribution is 6.33. The molecule has 1 aliphatic rings. The van der Waals surface area contributed by atoms with E-state index in [-0.39, 0.29) is 0 Å². The number of ether oxygens (including phenoxy) is 1. The number of morpholine rings is 1. The molecule has 0 unspecified atom stereocenters. The quantitative estimate of drug-likeness (QED) is 0.894. The van der Waals surface area contributed by atoms with Crippen LogP contribution in [0.5, 0.6) is 0 Å². The van der Waals surface area contributed by atoms with Gasteiger partial charge in [0, 0.05) is 13.1 Å². The second kappa shape index (κ2) is 6.24. The van der Waals surface area contributed by atoms with Crippen LogP contribution in [0.2, 0.25) is 5.02 Å². The van der Waals surface area contributed by atoms with Crippen LogP contribution in [0.25, 0.3) is 0 Å². The van der Waals surface area contributed by atoms with Gasteiger partial charge in [0.1, 0.15) is 0 Å². The summed E-state index contributed by atoms with van der Waals surface area (Å²) in [5, 5.41) is 0.835. The Labute approximate surface area is 107 Å². The number of aryl methyl sites for hydroxylation is 1. The van der Waals surface area contributed by atoms with E-state index in [2.05, 4.69) is 23.1 Å². The van der Waals surface area contributed by atoms with Crippen molar-refractivity contribution in [3.05, 3.63) is 28.8 Å². The lowest BCUT2D eigenvalue weighted by atomic mass is 10.1. The monoisotopic (exact) mass is 254 g/mol. The first-order valence-corrected chi connectivity index (χ1v) is 6.50. The van der Waals surface area contributed by atoms with Crippen molar-refractivity contribution in [3.63, 3.8) is 0 Å². The molecule has 0 bridgehead atoms. The van der Waals surface area contributed by atoms with Crippen molar-refractivity contribution in [3.8, 4) is 0 Å². The lowest BCUT2D eigenvalue weighted by Crippen LogP contribution is -2.36. The van der Waals surface area contributed by atoms with Crippen LogP contribution in [0.4, 0.5) is 5.69 Å². The lowest BCUT2D eigenvalue weighted by molar-refractivity contribution is 0.122. The molecule has 1 heterocycles. The molecule has 1 aromatic carbocycles. The lowest BCUT2D eigenvalue weighted by Gasteiger charge is -2.29. The minimum Gasteiger partial charge on any atom is -0.378 e. The molecule has 1 saturated heterocycles. The van der Waals surface area contributed by atoms with Crippen molar-refractivity contribution in [1.82, 2.24) is 0 Å². The van der Waals surface area contributed by atoms with Crippen LogP contribution in [0.15, 0.2) is 18.2 Å². The maximum Gasteiger partial charge on any atom is 0.0642 e. The Morgan fingerprint density at radius 2 is 2.06 bits per heavy atom. The molecule has 1 aliphatic heterocycles. The fourth-order valence-corrected chi connectivity index (χ4v) is 2.40. The van der Waals surface area contributed by atoms with Crippen LogP contribution < -0.4 is 10.6 Å². The molecule has 0 aromatic heterocycles. The first kappa shape index (κ1) is 12.7. The van der Waals surface area contributed by atoms with Gasteiger partial charge in [-0.1, -0.05) is 17.7 Å². The second-order valence-corrected chi connectivity index (χ2v) is 4.68. The van der Waals surface area contributed by atoms with Gasteiger partial charge in [0.25, 0.3) is 0 Å². The number of rotatable bonds is 4. The number of hydrogen-bond acceptors (Lipinski definition) is 3. The topological polar surface area (TPSA) is 38.5 Å². The molecule has 0 radical (unpaired) electrons.